The number of aromatic nitrogens is 3. The van der Waals surface area contributed by atoms with Crippen LogP contribution in [-0.4, -0.2) is 32.1 Å². The van der Waals surface area contributed by atoms with Gasteiger partial charge in [0.15, 0.2) is 5.65 Å². The average Bonchev–Trinajstić information content (AvgIpc) is 2.85. The molecule has 2 aromatic heterocycles. The van der Waals surface area contributed by atoms with Crippen molar-refractivity contribution in [1.29, 1.82) is 0 Å². The first-order valence-corrected chi connectivity index (χ1v) is 8.25. The van der Waals surface area contributed by atoms with Crippen LogP contribution in [0.5, 0.6) is 0 Å². The summed E-state index contributed by atoms with van der Waals surface area (Å²) in [4.78, 5) is 19.4. The minimum Gasteiger partial charge on any atom is -0.335 e. The minimum absolute atomic E-state index is 0.0987. The van der Waals surface area contributed by atoms with E-state index in [1.165, 1.54) is 12.1 Å². The van der Waals surface area contributed by atoms with E-state index < -0.39 is 0 Å². The highest BCUT2D eigenvalue weighted by Crippen LogP contribution is 2.23. The third-order valence-corrected chi connectivity index (χ3v) is 4.26. The summed E-state index contributed by atoms with van der Waals surface area (Å²) in [5, 5.41) is 5.16. The first-order valence-electron chi connectivity index (χ1n) is 8.25. The van der Waals surface area contributed by atoms with E-state index in [0.717, 1.165) is 22.3 Å². The van der Waals surface area contributed by atoms with Gasteiger partial charge in [0.2, 0.25) is 0 Å². The summed E-state index contributed by atoms with van der Waals surface area (Å²) in [6.45, 7) is 6.53. The molecule has 25 heavy (non-hydrogen) atoms. The van der Waals surface area contributed by atoms with Gasteiger partial charge in [0, 0.05) is 25.8 Å². The number of hydrogen-bond donors (Lipinski definition) is 0. The highest BCUT2D eigenvalue weighted by atomic mass is 19.1. The van der Waals surface area contributed by atoms with Gasteiger partial charge in [-0.05, 0) is 44.5 Å². The van der Waals surface area contributed by atoms with Crippen LogP contribution in [0.2, 0.25) is 0 Å². The van der Waals surface area contributed by atoms with E-state index in [0.29, 0.717) is 24.3 Å². The van der Waals surface area contributed by atoms with Crippen molar-refractivity contribution < 1.29 is 9.18 Å². The first-order chi connectivity index (χ1) is 11.9. The number of rotatable bonds is 4. The smallest absolute Gasteiger partial charge is 0.255 e. The van der Waals surface area contributed by atoms with E-state index in [9.17, 15) is 9.18 Å². The van der Waals surface area contributed by atoms with Gasteiger partial charge in [-0.3, -0.25) is 9.48 Å². The molecule has 6 heteroatoms. The van der Waals surface area contributed by atoms with Gasteiger partial charge in [0.1, 0.15) is 5.82 Å². The molecule has 0 unspecified atom stereocenters. The second-order valence-corrected chi connectivity index (χ2v) is 6.17. The molecule has 0 saturated heterocycles. The second kappa shape index (κ2) is 6.63. The molecule has 0 aliphatic rings. The quantitative estimate of drug-likeness (QED) is 0.731. The highest BCUT2D eigenvalue weighted by molar-refractivity contribution is 6.06. The minimum atomic E-state index is -0.300. The standard InChI is InChI=1S/C19H21FN4O/c1-5-24(11-14-7-6-8-15(20)10-14)19(25)16-9-12(2)21-18-17(16)13(3)22-23(18)4/h6-10H,5,11H2,1-4H3. The van der Waals surface area contributed by atoms with Crippen molar-refractivity contribution >= 4 is 16.9 Å². The number of hydrogen-bond acceptors (Lipinski definition) is 3. The van der Waals surface area contributed by atoms with Crippen LogP contribution in [0.15, 0.2) is 30.3 Å². The van der Waals surface area contributed by atoms with Gasteiger partial charge in [-0.25, -0.2) is 9.37 Å². The van der Waals surface area contributed by atoms with Crippen molar-refractivity contribution in [1.82, 2.24) is 19.7 Å². The number of carbonyl (C=O) groups is 1. The lowest BCUT2D eigenvalue weighted by Gasteiger charge is -2.22. The Morgan fingerprint density at radius 1 is 1.28 bits per heavy atom. The molecule has 0 N–H and O–H groups in total. The SMILES string of the molecule is CCN(Cc1cccc(F)c1)C(=O)c1cc(C)nc2c1c(C)nn2C. The summed E-state index contributed by atoms with van der Waals surface area (Å²) in [6.07, 6.45) is 0. The Morgan fingerprint density at radius 2 is 2.04 bits per heavy atom. The summed E-state index contributed by atoms with van der Waals surface area (Å²) in [6, 6.07) is 8.13. The van der Waals surface area contributed by atoms with E-state index in [2.05, 4.69) is 10.1 Å². The lowest BCUT2D eigenvalue weighted by molar-refractivity contribution is 0.0754. The molecule has 0 spiro atoms. The van der Waals surface area contributed by atoms with Crippen LogP contribution in [0, 0.1) is 19.7 Å². The molecule has 1 amide bonds. The fourth-order valence-electron chi connectivity index (χ4n) is 3.09. The van der Waals surface area contributed by atoms with Crippen molar-refractivity contribution in [3.8, 4) is 0 Å². The maximum absolute atomic E-state index is 13.4. The molecule has 0 saturated carbocycles. The maximum atomic E-state index is 13.4. The van der Waals surface area contributed by atoms with Crippen LogP contribution >= 0.6 is 0 Å². The van der Waals surface area contributed by atoms with Gasteiger partial charge in [0.05, 0.1) is 16.6 Å². The fourth-order valence-corrected chi connectivity index (χ4v) is 3.09. The number of benzene rings is 1. The zero-order valence-corrected chi connectivity index (χ0v) is 14.9. The number of pyridine rings is 1. The molecule has 0 radical (unpaired) electrons. The van der Waals surface area contributed by atoms with Gasteiger partial charge < -0.3 is 4.90 Å². The first kappa shape index (κ1) is 17.1. The molecule has 0 atom stereocenters. The largest absolute Gasteiger partial charge is 0.335 e. The molecule has 5 nitrogen and oxygen atoms in total. The normalized spacial score (nSPS) is 11.1. The second-order valence-electron chi connectivity index (χ2n) is 6.17. The van der Waals surface area contributed by atoms with E-state index >= 15 is 0 Å². The summed E-state index contributed by atoms with van der Waals surface area (Å²) >= 11 is 0. The average molecular weight is 340 g/mol. The van der Waals surface area contributed by atoms with Crippen LogP contribution in [-0.2, 0) is 13.6 Å². The zero-order chi connectivity index (χ0) is 18.1. The Balaban J connectivity index is 2.02. The van der Waals surface area contributed by atoms with Crippen molar-refractivity contribution in [2.24, 2.45) is 7.05 Å². The summed E-state index contributed by atoms with van der Waals surface area (Å²) < 4.78 is 15.1. The molecular weight excluding hydrogens is 319 g/mol. The van der Waals surface area contributed by atoms with E-state index in [1.807, 2.05) is 33.9 Å². The van der Waals surface area contributed by atoms with Crippen LogP contribution in [0.3, 0.4) is 0 Å². The molecule has 0 aliphatic heterocycles. The predicted molar refractivity (Wildman–Crippen MR) is 94.8 cm³/mol. The Morgan fingerprint density at radius 3 is 2.72 bits per heavy atom. The monoisotopic (exact) mass is 340 g/mol. The Labute approximate surface area is 146 Å². The van der Waals surface area contributed by atoms with Crippen LogP contribution in [0.4, 0.5) is 4.39 Å². The number of halogens is 1. The van der Waals surface area contributed by atoms with Gasteiger partial charge >= 0.3 is 0 Å². The Kier molecular flexibility index (Phi) is 4.53. The lowest BCUT2D eigenvalue weighted by Crippen LogP contribution is -2.30. The van der Waals surface area contributed by atoms with Crippen LogP contribution in [0.25, 0.3) is 11.0 Å². The number of carbonyl (C=O) groups excluding carboxylic acids is 1. The van der Waals surface area contributed by atoms with Crippen molar-refractivity contribution in [3.63, 3.8) is 0 Å². The van der Waals surface area contributed by atoms with Gasteiger partial charge in [-0.15, -0.1) is 0 Å². The Hall–Kier alpha value is -2.76. The molecule has 3 rings (SSSR count). The molecule has 1 aromatic carbocycles. The van der Waals surface area contributed by atoms with Gasteiger partial charge in [0.25, 0.3) is 5.91 Å². The van der Waals surface area contributed by atoms with E-state index in [1.54, 1.807) is 21.7 Å². The van der Waals surface area contributed by atoms with Crippen molar-refractivity contribution in [3.05, 3.63) is 58.7 Å². The van der Waals surface area contributed by atoms with Crippen molar-refractivity contribution in [2.45, 2.75) is 27.3 Å². The summed E-state index contributed by atoms with van der Waals surface area (Å²) in [5.74, 6) is -0.399. The molecule has 130 valence electrons. The molecular formula is C19H21FN4O. The third kappa shape index (κ3) is 3.24. The molecule has 0 aliphatic carbocycles. The topological polar surface area (TPSA) is 51.0 Å². The highest BCUT2D eigenvalue weighted by Gasteiger charge is 2.21. The summed E-state index contributed by atoms with van der Waals surface area (Å²) in [5.41, 5.74) is 3.59. The predicted octanol–water partition coefficient (Wildman–Crippen LogP) is 3.39. The molecule has 0 bridgehead atoms. The molecule has 2 heterocycles. The van der Waals surface area contributed by atoms with Gasteiger partial charge in [-0.2, -0.15) is 5.10 Å². The third-order valence-electron chi connectivity index (χ3n) is 4.26. The van der Waals surface area contributed by atoms with Crippen molar-refractivity contribution in [2.75, 3.05) is 6.54 Å². The number of aryl methyl sites for hydroxylation is 3. The van der Waals surface area contributed by atoms with Crippen LogP contribution in [0.1, 0.15) is 34.2 Å². The zero-order valence-electron chi connectivity index (χ0n) is 14.9. The number of nitrogens with zero attached hydrogens (tertiary/aromatic N) is 4. The molecule has 3 aromatic rings. The summed E-state index contributed by atoms with van der Waals surface area (Å²) in [7, 11) is 1.82. The van der Waals surface area contributed by atoms with E-state index in [4.69, 9.17) is 0 Å². The van der Waals surface area contributed by atoms with Crippen LogP contribution < -0.4 is 0 Å². The van der Waals surface area contributed by atoms with E-state index in [-0.39, 0.29) is 11.7 Å². The Bertz CT molecular complexity index is 948. The maximum Gasteiger partial charge on any atom is 0.255 e. The van der Waals surface area contributed by atoms with Gasteiger partial charge in [-0.1, -0.05) is 12.1 Å². The fraction of sp³-hybridized carbons (Fsp3) is 0.316. The molecule has 0 fully saturated rings. The number of fused-ring (bicyclic) bond motifs is 1. The lowest BCUT2D eigenvalue weighted by atomic mass is 10.1. The number of amides is 1.